The summed E-state index contributed by atoms with van der Waals surface area (Å²) in [5.41, 5.74) is 2.23. The summed E-state index contributed by atoms with van der Waals surface area (Å²) in [4.78, 5) is 0. The Kier molecular flexibility index (Phi) is 5.61. The molecule has 4 heteroatoms. The summed E-state index contributed by atoms with van der Waals surface area (Å²) in [5.74, 6) is -0.444. The van der Waals surface area contributed by atoms with E-state index in [1.165, 1.54) is 17.7 Å². The Balaban J connectivity index is 1.89. The van der Waals surface area contributed by atoms with Gasteiger partial charge in [-0.3, -0.25) is 0 Å². The molecule has 2 aromatic carbocycles. The van der Waals surface area contributed by atoms with Gasteiger partial charge in [0.2, 0.25) is 0 Å². The zero-order chi connectivity index (χ0) is 16.0. The number of ether oxygens (including phenoxy) is 1. The van der Waals surface area contributed by atoms with Crippen molar-refractivity contribution in [3.05, 3.63) is 71.0 Å². The fourth-order valence-corrected chi connectivity index (χ4v) is 2.17. The van der Waals surface area contributed by atoms with E-state index in [-0.39, 0.29) is 6.61 Å². The lowest BCUT2D eigenvalue weighted by Gasteiger charge is -2.17. The molecule has 0 aromatic heterocycles. The molecule has 0 aliphatic heterocycles. The molecule has 0 aliphatic rings. The average molecular weight is 308 g/mol. The molecule has 1 nitrogen and oxygen atoms in total. The number of rotatable bonds is 7. The first-order valence-electron chi connectivity index (χ1n) is 7.32. The van der Waals surface area contributed by atoms with Crippen molar-refractivity contribution >= 4 is 0 Å². The molecule has 0 N–H and O–H groups in total. The molecule has 0 saturated heterocycles. The Morgan fingerprint density at radius 2 is 1.41 bits per heavy atom. The second-order valence-electron chi connectivity index (χ2n) is 5.30. The Morgan fingerprint density at radius 1 is 0.864 bits per heavy atom. The van der Waals surface area contributed by atoms with Crippen LogP contribution in [0, 0.1) is 5.82 Å². The van der Waals surface area contributed by atoms with Gasteiger partial charge in [0.25, 0.3) is 0 Å². The molecule has 0 amide bonds. The first-order chi connectivity index (χ1) is 10.5. The van der Waals surface area contributed by atoms with Crippen LogP contribution in [0.4, 0.5) is 13.2 Å². The van der Waals surface area contributed by atoms with E-state index < -0.39 is 18.3 Å². The first kappa shape index (κ1) is 16.6. The molecule has 0 fully saturated rings. The SMILES string of the molecule is CCCc1ccc(COC(F)(F)Cc2ccc(F)cc2)cc1. The van der Waals surface area contributed by atoms with Crippen LogP contribution < -0.4 is 0 Å². The van der Waals surface area contributed by atoms with Crippen molar-refractivity contribution in [2.45, 2.75) is 38.9 Å². The molecule has 22 heavy (non-hydrogen) atoms. The lowest BCUT2D eigenvalue weighted by Crippen LogP contribution is -2.23. The summed E-state index contributed by atoms with van der Waals surface area (Å²) in [5, 5.41) is 0. The van der Waals surface area contributed by atoms with Gasteiger partial charge in [-0.2, -0.15) is 8.78 Å². The summed E-state index contributed by atoms with van der Waals surface area (Å²) in [7, 11) is 0. The van der Waals surface area contributed by atoms with Gasteiger partial charge in [0.15, 0.2) is 0 Å². The number of hydrogen-bond donors (Lipinski definition) is 0. The second-order valence-corrected chi connectivity index (χ2v) is 5.30. The molecule has 0 spiro atoms. The summed E-state index contributed by atoms with van der Waals surface area (Å²) >= 11 is 0. The fraction of sp³-hybridized carbons (Fsp3) is 0.333. The van der Waals surface area contributed by atoms with E-state index in [1.54, 1.807) is 12.1 Å². The highest BCUT2D eigenvalue weighted by Gasteiger charge is 2.30. The van der Waals surface area contributed by atoms with Crippen molar-refractivity contribution in [2.24, 2.45) is 0 Å². The van der Waals surface area contributed by atoms with E-state index in [0.717, 1.165) is 25.0 Å². The molecule has 0 unspecified atom stereocenters. The number of alkyl halides is 2. The second kappa shape index (κ2) is 7.45. The van der Waals surface area contributed by atoms with Gasteiger partial charge in [-0.05, 0) is 35.2 Å². The van der Waals surface area contributed by atoms with Gasteiger partial charge < -0.3 is 4.74 Å². The molecule has 2 rings (SSSR count). The molecule has 0 saturated carbocycles. The van der Waals surface area contributed by atoms with Crippen molar-refractivity contribution in [1.29, 1.82) is 0 Å². The smallest absolute Gasteiger partial charge is 0.315 e. The van der Waals surface area contributed by atoms with Crippen LogP contribution in [0.5, 0.6) is 0 Å². The van der Waals surface area contributed by atoms with Crippen LogP contribution >= 0.6 is 0 Å². The van der Waals surface area contributed by atoms with Gasteiger partial charge in [0.1, 0.15) is 5.82 Å². The molecular weight excluding hydrogens is 289 g/mol. The highest BCUT2D eigenvalue weighted by Crippen LogP contribution is 2.23. The number of hydrogen-bond acceptors (Lipinski definition) is 1. The monoisotopic (exact) mass is 308 g/mol. The zero-order valence-corrected chi connectivity index (χ0v) is 12.5. The van der Waals surface area contributed by atoms with E-state index in [0.29, 0.717) is 11.1 Å². The normalized spacial score (nSPS) is 11.6. The third-order valence-electron chi connectivity index (χ3n) is 3.33. The summed E-state index contributed by atoms with van der Waals surface area (Å²) in [6, 6.07) is 12.5. The van der Waals surface area contributed by atoms with Gasteiger partial charge in [0.05, 0.1) is 13.0 Å². The third kappa shape index (κ3) is 5.19. The van der Waals surface area contributed by atoms with Crippen molar-refractivity contribution in [3.63, 3.8) is 0 Å². The van der Waals surface area contributed by atoms with Crippen molar-refractivity contribution in [2.75, 3.05) is 0 Å². The summed E-state index contributed by atoms with van der Waals surface area (Å²) < 4.78 is 45.0. The maximum Gasteiger partial charge on any atom is 0.360 e. The van der Waals surface area contributed by atoms with Gasteiger partial charge >= 0.3 is 6.11 Å². The van der Waals surface area contributed by atoms with E-state index in [1.807, 2.05) is 12.1 Å². The minimum Gasteiger partial charge on any atom is -0.315 e. The van der Waals surface area contributed by atoms with Crippen molar-refractivity contribution < 1.29 is 17.9 Å². The predicted octanol–water partition coefficient (Wildman–Crippen LogP) is 5.13. The van der Waals surface area contributed by atoms with Crippen LogP contribution in [0.15, 0.2) is 48.5 Å². The van der Waals surface area contributed by atoms with E-state index in [9.17, 15) is 13.2 Å². The quantitative estimate of drug-likeness (QED) is 0.689. The number of benzene rings is 2. The third-order valence-corrected chi connectivity index (χ3v) is 3.33. The van der Waals surface area contributed by atoms with Gasteiger partial charge in [-0.25, -0.2) is 4.39 Å². The van der Waals surface area contributed by atoms with Crippen LogP contribution in [0.3, 0.4) is 0 Å². The molecule has 0 atom stereocenters. The molecule has 2 aromatic rings. The van der Waals surface area contributed by atoms with Crippen LogP contribution in [-0.4, -0.2) is 6.11 Å². The molecule has 0 aliphatic carbocycles. The Morgan fingerprint density at radius 3 is 2.00 bits per heavy atom. The minimum atomic E-state index is -3.28. The Bertz CT molecular complexity index is 576. The number of halogens is 3. The molecular formula is C18H19F3O. The van der Waals surface area contributed by atoms with Gasteiger partial charge in [-0.1, -0.05) is 49.7 Å². The van der Waals surface area contributed by atoms with Crippen molar-refractivity contribution in [1.82, 2.24) is 0 Å². The summed E-state index contributed by atoms with van der Waals surface area (Å²) in [6.45, 7) is 1.94. The highest BCUT2D eigenvalue weighted by atomic mass is 19.3. The van der Waals surface area contributed by atoms with Crippen molar-refractivity contribution in [3.8, 4) is 0 Å². The van der Waals surface area contributed by atoms with Crippen LogP contribution in [0.2, 0.25) is 0 Å². The fourth-order valence-electron chi connectivity index (χ4n) is 2.17. The summed E-state index contributed by atoms with van der Waals surface area (Å²) in [6.07, 6.45) is -1.82. The van der Waals surface area contributed by atoms with Crippen LogP contribution in [0.25, 0.3) is 0 Å². The average Bonchev–Trinajstić information content (AvgIpc) is 2.49. The highest BCUT2D eigenvalue weighted by molar-refractivity contribution is 5.22. The van der Waals surface area contributed by atoms with Gasteiger partial charge in [0, 0.05) is 0 Å². The molecule has 0 bridgehead atoms. The van der Waals surface area contributed by atoms with Crippen LogP contribution in [0.1, 0.15) is 30.0 Å². The zero-order valence-electron chi connectivity index (χ0n) is 12.5. The predicted molar refractivity (Wildman–Crippen MR) is 80.3 cm³/mol. The first-order valence-corrected chi connectivity index (χ1v) is 7.32. The van der Waals surface area contributed by atoms with Crippen LogP contribution in [-0.2, 0) is 24.2 Å². The molecule has 0 radical (unpaired) electrons. The standard InChI is InChI=1S/C18H19F3O/c1-2-3-14-4-6-16(7-5-14)13-22-18(20,21)12-15-8-10-17(19)11-9-15/h4-11H,2-3,12-13H2,1H3. The maximum absolute atomic E-state index is 13.8. The lowest BCUT2D eigenvalue weighted by atomic mass is 10.1. The largest absolute Gasteiger partial charge is 0.360 e. The lowest BCUT2D eigenvalue weighted by molar-refractivity contribution is -0.244. The van der Waals surface area contributed by atoms with E-state index in [4.69, 9.17) is 4.74 Å². The number of aryl methyl sites for hydroxylation is 1. The van der Waals surface area contributed by atoms with E-state index >= 15 is 0 Å². The topological polar surface area (TPSA) is 9.23 Å². The minimum absolute atomic E-state index is 0.152. The maximum atomic E-state index is 13.8. The molecule has 0 heterocycles. The Hall–Kier alpha value is -1.81. The molecule has 118 valence electrons. The Labute approximate surface area is 128 Å². The van der Waals surface area contributed by atoms with Gasteiger partial charge in [-0.15, -0.1) is 0 Å². The van der Waals surface area contributed by atoms with E-state index in [2.05, 4.69) is 6.92 Å².